The lowest BCUT2D eigenvalue weighted by Gasteiger charge is -2.43. The number of H-pyrrole nitrogens is 1. The van der Waals surface area contributed by atoms with E-state index in [2.05, 4.69) is 64.7 Å². The molecule has 0 aliphatic carbocycles. The molecule has 37 heavy (non-hydrogen) atoms. The van der Waals surface area contributed by atoms with Gasteiger partial charge in [-0.3, -0.25) is 14.5 Å². The largest absolute Gasteiger partial charge is 0.361 e. The number of aromatic nitrogens is 1. The fraction of sp³-hybridized carbons (Fsp3) is 0.419. The smallest absolute Gasteiger partial charge is 0.246 e. The van der Waals surface area contributed by atoms with E-state index >= 15 is 0 Å². The lowest BCUT2D eigenvalue weighted by molar-refractivity contribution is -0.127. The average molecular weight is 499 g/mol. The second kappa shape index (κ2) is 11.8. The van der Waals surface area contributed by atoms with Gasteiger partial charge in [-0.15, -0.1) is 0 Å². The van der Waals surface area contributed by atoms with Crippen molar-refractivity contribution in [3.63, 3.8) is 0 Å². The van der Waals surface area contributed by atoms with Gasteiger partial charge in [0, 0.05) is 48.9 Å². The fourth-order valence-corrected chi connectivity index (χ4v) is 6.29. The van der Waals surface area contributed by atoms with Crippen LogP contribution < -0.4 is 5.32 Å². The Hall–Kier alpha value is -3.38. The van der Waals surface area contributed by atoms with E-state index in [0.29, 0.717) is 24.4 Å². The highest BCUT2D eigenvalue weighted by Crippen LogP contribution is 2.35. The monoisotopic (exact) mass is 498 g/mol. The second-order valence-electron chi connectivity index (χ2n) is 10.6. The molecule has 1 aromatic heterocycles. The number of carbonyl (C=O) groups is 2. The van der Waals surface area contributed by atoms with Crippen LogP contribution in [0.4, 0.5) is 0 Å². The third-order valence-electron chi connectivity index (χ3n) is 8.33. The molecule has 0 saturated carbocycles. The first-order chi connectivity index (χ1) is 18.1. The van der Waals surface area contributed by atoms with Crippen molar-refractivity contribution in [3.8, 4) is 0 Å². The highest BCUT2D eigenvalue weighted by atomic mass is 16.2. The number of aryl methyl sites for hydroxylation is 1. The Bertz CT molecular complexity index is 1230. The van der Waals surface area contributed by atoms with Gasteiger partial charge in [0.2, 0.25) is 12.3 Å². The zero-order chi connectivity index (χ0) is 25.6. The third-order valence-corrected chi connectivity index (χ3v) is 8.33. The van der Waals surface area contributed by atoms with Gasteiger partial charge in [0.1, 0.15) is 0 Å². The van der Waals surface area contributed by atoms with Crippen molar-refractivity contribution in [1.29, 1.82) is 0 Å². The molecule has 0 radical (unpaired) electrons. The van der Waals surface area contributed by atoms with Crippen LogP contribution in [-0.2, 0) is 9.59 Å². The van der Waals surface area contributed by atoms with E-state index in [1.165, 1.54) is 22.0 Å². The normalized spacial score (nSPS) is 18.9. The number of carbonyl (C=O) groups excluding carboxylic acids is 2. The minimum Gasteiger partial charge on any atom is -0.361 e. The van der Waals surface area contributed by atoms with Crippen LogP contribution in [0, 0.1) is 12.8 Å². The van der Waals surface area contributed by atoms with Gasteiger partial charge < -0.3 is 15.2 Å². The first-order valence-electron chi connectivity index (χ1n) is 13.6. The summed E-state index contributed by atoms with van der Waals surface area (Å²) in [5.74, 6) is 1.12. The number of likely N-dealkylation sites (tertiary alicyclic amines) is 2. The Morgan fingerprint density at radius 3 is 2.59 bits per heavy atom. The standard InChI is InChI=1S/C31H38N4O2/c1-23-5-4-6-24(19-23)9-10-31(37)35-17-13-26(14-18-35)30(21-32-22-36)34-15-11-25(12-16-34)28-20-33-29-8-3-2-7-27(28)29/h2-10,19-20,22,25-26,30,33H,11-18,21H2,1H3,(H,32,36)/b10-9+. The summed E-state index contributed by atoms with van der Waals surface area (Å²) in [5, 5.41) is 4.31. The van der Waals surface area contributed by atoms with Crippen LogP contribution in [-0.4, -0.2) is 65.9 Å². The van der Waals surface area contributed by atoms with Crippen LogP contribution in [0.5, 0.6) is 0 Å². The van der Waals surface area contributed by atoms with Crippen LogP contribution >= 0.6 is 0 Å². The van der Waals surface area contributed by atoms with Gasteiger partial charge in [-0.2, -0.15) is 0 Å². The number of benzene rings is 2. The number of piperidine rings is 2. The van der Waals surface area contributed by atoms with E-state index in [4.69, 9.17) is 0 Å². The third kappa shape index (κ3) is 5.96. The van der Waals surface area contributed by atoms with Crippen molar-refractivity contribution in [1.82, 2.24) is 20.1 Å². The van der Waals surface area contributed by atoms with E-state index < -0.39 is 0 Å². The Kier molecular flexibility index (Phi) is 8.05. The van der Waals surface area contributed by atoms with E-state index in [9.17, 15) is 9.59 Å². The summed E-state index contributed by atoms with van der Waals surface area (Å²) in [7, 11) is 0. The van der Waals surface area contributed by atoms with Crippen molar-refractivity contribution in [2.45, 2.75) is 44.6 Å². The maximum absolute atomic E-state index is 12.8. The quantitative estimate of drug-likeness (QED) is 0.349. The first kappa shape index (κ1) is 25.3. The number of fused-ring (bicyclic) bond motifs is 1. The molecule has 0 spiro atoms. The lowest BCUT2D eigenvalue weighted by Crippen LogP contribution is -2.52. The minimum absolute atomic E-state index is 0.0852. The van der Waals surface area contributed by atoms with Crippen molar-refractivity contribution in [2.75, 3.05) is 32.7 Å². The molecule has 2 aromatic carbocycles. The Labute approximate surface area is 219 Å². The summed E-state index contributed by atoms with van der Waals surface area (Å²) in [6.07, 6.45) is 10.8. The van der Waals surface area contributed by atoms with E-state index in [-0.39, 0.29) is 5.91 Å². The van der Waals surface area contributed by atoms with Gasteiger partial charge in [0.25, 0.3) is 0 Å². The molecule has 2 fully saturated rings. The number of rotatable bonds is 8. The van der Waals surface area contributed by atoms with Crippen LogP contribution in [0.2, 0.25) is 0 Å². The van der Waals surface area contributed by atoms with Gasteiger partial charge in [-0.1, -0.05) is 48.0 Å². The Morgan fingerprint density at radius 2 is 1.84 bits per heavy atom. The Morgan fingerprint density at radius 1 is 1.05 bits per heavy atom. The number of aromatic amines is 1. The first-order valence-corrected chi connectivity index (χ1v) is 13.6. The topological polar surface area (TPSA) is 68.4 Å². The van der Waals surface area contributed by atoms with E-state index in [1.807, 2.05) is 23.1 Å². The van der Waals surface area contributed by atoms with Crippen molar-refractivity contribution >= 4 is 29.3 Å². The van der Waals surface area contributed by atoms with Crippen LogP contribution in [0.25, 0.3) is 17.0 Å². The molecule has 1 atom stereocenters. The van der Waals surface area contributed by atoms with Crippen LogP contribution in [0.3, 0.4) is 0 Å². The molecule has 3 aromatic rings. The molecule has 2 saturated heterocycles. The Balaban J connectivity index is 1.17. The molecule has 2 aliphatic heterocycles. The molecule has 0 bridgehead atoms. The predicted molar refractivity (Wildman–Crippen MR) is 149 cm³/mol. The van der Waals surface area contributed by atoms with Gasteiger partial charge in [0.15, 0.2) is 0 Å². The average Bonchev–Trinajstić information content (AvgIpc) is 3.37. The summed E-state index contributed by atoms with van der Waals surface area (Å²) >= 11 is 0. The summed E-state index contributed by atoms with van der Waals surface area (Å²) in [6, 6.07) is 17.1. The van der Waals surface area contributed by atoms with Crippen molar-refractivity contribution in [2.24, 2.45) is 5.92 Å². The van der Waals surface area contributed by atoms with Crippen molar-refractivity contribution < 1.29 is 9.59 Å². The van der Waals surface area contributed by atoms with Gasteiger partial charge in [-0.25, -0.2) is 0 Å². The maximum Gasteiger partial charge on any atom is 0.246 e. The van der Waals surface area contributed by atoms with Crippen LogP contribution in [0.15, 0.2) is 60.8 Å². The molecule has 194 valence electrons. The highest BCUT2D eigenvalue weighted by molar-refractivity contribution is 5.91. The molecule has 2 N–H and O–H groups in total. The summed E-state index contributed by atoms with van der Waals surface area (Å²) < 4.78 is 0. The summed E-state index contributed by atoms with van der Waals surface area (Å²) in [4.78, 5) is 32.0. The zero-order valence-corrected chi connectivity index (χ0v) is 21.7. The number of para-hydroxylation sites is 1. The maximum atomic E-state index is 12.8. The summed E-state index contributed by atoms with van der Waals surface area (Å²) in [5.41, 5.74) is 4.89. The second-order valence-corrected chi connectivity index (χ2v) is 10.6. The molecule has 5 rings (SSSR count). The number of nitrogens with zero attached hydrogens (tertiary/aromatic N) is 2. The summed E-state index contributed by atoms with van der Waals surface area (Å²) in [6.45, 7) is 6.34. The predicted octanol–water partition coefficient (Wildman–Crippen LogP) is 4.72. The van der Waals surface area contributed by atoms with Crippen molar-refractivity contribution in [3.05, 3.63) is 77.5 Å². The number of nitrogens with one attached hydrogen (secondary N) is 2. The fourth-order valence-electron chi connectivity index (χ4n) is 6.29. The van der Waals surface area contributed by atoms with Gasteiger partial charge in [0.05, 0.1) is 0 Å². The van der Waals surface area contributed by atoms with Gasteiger partial charge in [-0.05, 0) is 80.8 Å². The molecule has 1 unspecified atom stereocenters. The van der Waals surface area contributed by atoms with Gasteiger partial charge >= 0.3 is 0 Å². The number of hydrogen-bond donors (Lipinski definition) is 2. The number of amides is 2. The van der Waals surface area contributed by atoms with E-state index in [0.717, 1.165) is 63.8 Å². The SMILES string of the molecule is Cc1cccc(/C=C/C(=O)N2CCC(C(CNC=O)N3CCC(c4c[nH]c5ccccc45)CC3)CC2)c1. The molecule has 3 heterocycles. The zero-order valence-electron chi connectivity index (χ0n) is 21.7. The van der Waals surface area contributed by atoms with Crippen LogP contribution in [0.1, 0.15) is 48.3 Å². The molecular weight excluding hydrogens is 460 g/mol. The lowest BCUT2D eigenvalue weighted by atomic mass is 9.84. The minimum atomic E-state index is 0.0852. The molecule has 6 heteroatoms. The number of hydrogen-bond acceptors (Lipinski definition) is 3. The molecular formula is C31H38N4O2. The molecule has 6 nitrogen and oxygen atoms in total. The molecule has 2 aliphatic rings. The molecule has 2 amide bonds. The highest BCUT2D eigenvalue weighted by Gasteiger charge is 2.34. The van der Waals surface area contributed by atoms with E-state index in [1.54, 1.807) is 6.08 Å².